The van der Waals surface area contributed by atoms with Crippen LogP contribution in [0.3, 0.4) is 0 Å². The quantitative estimate of drug-likeness (QED) is 0.696. The summed E-state index contributed by atoms with van der Waals surface area (Å²) in [5.41, 5.74) is 4.03. The molecule has 29 heavy (non-hydrogen) atoms. The minimum atomic E-state index is 0.000839. The Kier molecular flexibility index (Phi) is 4.72. The number of likely N-dealkylation sites (tertiary alicyclic amines) is 1. The molecule has 1 saturated heterocycles. The molecule has 2 atom stereocenters. The predicted octanol–water partition coefficient (Wildman–Crippen LogP) is 3.69. The minimum Gasteiger partial charge on any atom is -0.497 e. The number of nitrogens with one attached hydrogen (secondary N) is 2. The summed E-state index contributed by atoms with van der Waals surface area (Å²) in [6.45, 7) is 6.06. The second-order valence-electron chi connectivity index (χ2n) is 8.34. The number of benzene rings is 2. The highest BCUT2D eigenvalue weighted by atomic mass is 16.5. The van der Waals surface area contributed by atoms with Crippen molar-refractivity contribution >= 4 is 10.9 Å². The summed E-state index contributed by atoms with van der Waals surface area (Å²) in [5.74, 6) is 1.86. The molecule has 3 heterocycles. The van der Waals surface area contributed by atoms with Gasteiger partial charge in [0.25, 0.3) is 0 Å². The zero-order valence-corrected chi connectivity index (χ0v) is 17.2. The van der Waals surface area contributed by atoms with Gasteiger partial charge in [-0.25, -0.2) is 0 Å². The van der Waals surface area contributed by atoms with E-state index in [0.717, 1.165) is 44.0 Å². The largest absolute Gasteiger partial charge is 0.497 e. The van der Waals surface area contributed by atoms with Gasteiger partial charge < -0.3 is 19.8 Å². The third-order valence-corrected chi connectivity index (χ3v) is 6.59. The van der Waals surface area contributed by atoms with Crippen LogP contribution >= 0.6 is 0 Å². The number of aromatic nitrogens is 1. The van der Waals surface area contributed by atoms with E-state index in [4.69, 9.17) is 9.47 Å². The van der Waals surface area contributed by atoms with Crippen molar-refractivity contribution in [2.45, 2.75) is 31.3 Å². The smallest absolute Gasteiger partial charge is 0.119 e. The van der Waals surface area contributed by atoms with Crippen molar-refractivity contribution in [1.82, 2.24) is 15.2 Å². The predicted molar refractivity (Wildman–Crippen MR) is 116 cm³/mol. The monoisotopic (exact) mass is 391 g/mol. The summed E-state index contributed by atoms with van der Waals surface area (Å²) in [5, 5.41) is 5.16. The lowest BCUT2D eigenvalue weighted by Crippen LogP contribution is -2.50. The Morgan fingerprint density at radius 2 is 2.00 bits per heavy atom. The molecule has 5 nitrogen and oxygen atoms in total. The van der Waals surface area contributed by atoms with Gasteiger partial charge in [0.15, 0.2) is 0 Å². The normalized spacial score (nSPS) is 22.7. The van der Waals surface area contributed by atoms with E-state index in [-0.39, 0.29) is 5.54 Å². The Morgan fingerprint density at radius 3 is 2.83 bits per heavy atom. The number of hydrogen-bond donors (Lipinski definition) is 2. The van der Waals surface area contributed by atoms with Gasteiger partial charge in [-0.05, 0) is 55.7 Å². The van der Waals surface area contributed by atoms with Gasteiger partial charge in [-0.1, -0.05) is 18.2 Å². The van der Waals surface area contributed by atoms with Crippen LogP contribution in [0.4, 0.5) is 0 Å². The third-order valence-electron chi connectivity index (χ3n) is 6.59. The molecule has 1 aromatic heterocycles. The Bertz CT molecular complexity index is 1000. The molecule has 2 aliphatic heterocycles. The summed E-state index contributed by atoms with van der Waals surface area (Å²) >= 11 is 0. The maximum Gasteiger partial charge on any atom is 0.119 e. The van der Waals surface area contributed by atoms with Crippen LogP contribution in [0.15, 0.2) is 48.5 Å². The average molecular weight is 392 g/mol. The Morgan fingerprint density at radius 1 is 1.14 bits per heavy atom. The Labute approximate surface area is 172 Å². The first kappa shape index (κ1) is 18.5. The van der Waals surface area contributed by atoms with Gasteiger partial charge in [0.1, 0.15) is 18.1 Å². The summed E-state index contributed by atoms with van der Waals surface area (Å²) in [6, 6.07) is 16.8. The van der Waals surface area contributed by atoms with E-state index >= 15 is 0 Å². The number of fused-ring (bicyclic) bond motifs is 4. The van der Waals surface area contributed by atoms with Crippen LogP contribution in [0.25, 0.3) is 10.9 Å². The molecular weight excluding hydrogens is 362 g/mol. The maximum atomic E-state index is 6.02. The maximum absolute atomic E-state index is 6.02. The van der Waals surface area contributed by atoms with E-state index < -0.39 is 0 Å². The highest BCUT2D eigenvalue weighted by Gasteiger charge is 2.45. The van der Waals surface area contributed by atoms with E-state index in [2.05, 4.69) is 34.3 Å². The van der Waals surface area contributed by atoms with Crippen molar-refractivity contribution in [2.24, 2.45) is 0 Å². The van der Waals surface area contributed by atoms with Crippen molar-refractivity contribution < 1.29 is 9.47 Å². The van der Waals surface area contributed by atoms with Gasteiger partial charge in [-0.2, -0.15) is 0 Å². The van der Waals surface area contributed by atoms with E-state index in [1.807, 2.05) is 36.4 Å². The topological polar surface area (TPSA) is 49.5 Å². The van der Waals surface area contributed by atoms with Gasteiger partial charge in [-0.15, -0.1) is 0 Å². The van der Waals surface area contributed by atoms with E-state index in [1.54, 1.807) is 7.11 Å². The lowest BCUT2D eigenvalue weighted by atomic mass is 9.86. The number of rotatable bonds is 5. The molecule has 152 valence electrons. The molecule has 0 saturated carbocycles. The van der Waals surface area contributed by atoms with Crippen molar-refractivity contribution in [3.8, 4) is 11.5 Å². The van der Waals surface area contributed by atoms with Crippen LogP contribution in [0.1, 0.15) is 24.6 Å². The zero-order valence-electron chi connectivity index (χ0n) is 17.2. The second-order valence-corrected chi connectivity index (χ2v) is 8.34. The lowest BCUT2D eigenvalue weighted by Gasteiger charge is -2.36. The molecule has 2 unspecified atom stereocenters. The molecule has 0 bridgehead atoms. The highest BCUT2D eigenvalue weighted by Crippen LogP contribution is 2.40. The van der Waals surface area contributed by atoms with E-state index in [9.17, 15) is 0 Å². The molecule has 1 spiro atoms. The van der Waals surface area contributed by atoms with Crippen molar-refractivity contribution in [1.29, 1.82) is 0 Å². The highest BCUT2D eigenvalue weighted by molar-refractivity contribution is 5.86. The van der Waals surface area contributed by atoms with Crippen molar-refractivity contribution in [3.63, 3.8) is 0 Å². The fourth-order valence-electron chi connectivity index (χ4n) is 4.94. The SMILES string of the molecule is COc1ccc2[nH]c3c(c2c1)CCNC31CCN(C(C)COc2ccccc2)C1. The van der Waals surface area contributed by atoms with Crippen LogP contribution in [0, 0.1) is 0 Å². The molecule has 1 fully saturated rings. The first-order chi connectivity index (χ1) is 14.2. The Balaban J connectivity index is 1.36. The number of hydrogen-bond acceptors (Lipinski definition) is 4. The van der Waals surface area contributed by atoms with Crippen LogP contribution in [-0.2, 0) is 12.0 Å². The number of nitrogens with zero attached hydrogens (tertiary/aromatic N) is 1. The molecule has 2 aliphatic rings. The van der Waals surface area contributed by atoms with Gasteiger partial charge >= 0.3 is 0 Å². The third kappa shape index (κ3) is 3.28. The Hall–Kier alpha value is -2.50. The molecule has 5 rings (SSSR count). The molecule has 3 aromatic rings. The van der Waals surface area contributed by atoms with Gasteiger partial charge in [0.05, 0.1) is 12.6 Å². The molecular formula is C24H29N3O2. The van der Waals surface area contributed by atoms with Crippen LogP contribution in [0.2, 0.25) is 0 Å². The lowest BCUT2D eigenvalue weighted by molar-refractivity contribution is 0.158. The molecule has 2 N–H and O–H groups in total. The van der Waals surface area contributed by atoms with Gasteiger partial charge in [-0.3, -0.25) is 4.90 Å². The summed E-state index contributed by atoms with van der Waals surface area (Å²) in [4.78, 5) is 6.29. The standard InChI is InChI=1S/C24H29N3O2/c1-17(15-29-18-6-4-3-5-7-18)27-13-11-24(16-27)23-20(10-12-25-24)21-14-19(28-2)8-9-22(21)26-23/h3-9,14,17,25-26H,10-13,15-16H2,1-2H3. The summed E-state index contributed by atoms with van der Waals surface area (Å²) < 4.78 is 11.5. The molecule has 0 amide bonds. The molecule has 5 heteroatoms. The number of H-pyrrole nitrogens is 1. The molecule has 2 aromatic carbocycles. The number of para-hydroxylation sites is 1. The molecule has 0 aliphatic carbocycles. The van der Waals surface area contributed by atoms with E-state index in [0.29, 0.717) is 12.6 Å². The minimum absolute atomic E-state index is 0.000839. The van der Waals surface area contributed by atoms with Crippen LogP contribution in [0.5, 0.6) is 11.5 Å². The molecule has 0 radical (unpaired) electrons. The zero-order chi connectivity index (χ0) is 19.8. The fourth-order valence-corrected chi connectivity index (χ4v) is 4.94. The summed E-state index contributed by atoms with van der Waals surface area (Å²) in [7, 11) is 1.73. The first-order valence-corrected chi connectivity index (χ1v) is 10.5. The number of methoxy groups -OCH3 is 1. The van der Waals surface area contributed by atoms with Crippen molar-refractivity contribution in [2.75, 3.05) is 33.4 Å². The number of ether oxygens (including phenoxy) is 2. The van der Waals surface area contributed by atoms with Crippen LogP contribution in [-0.4, -0.2) is 49.3 Å². The number of aromatic amines is 1. The van der Waals surface area contributed by atoms with Crippen molar-refractivity contribution in [3.05, 3.63) is 59.8 Å². The first-order valence-electron chi connectivity index (χ1n) is 10.5. The average Bonchev–Trinajstić information content (AvgIpc) is 3.36. The van der Waals surface area contributed by atoms with E-state index in [1.165, 1.54) is 22.2 Å². The van der Waals surface area contributed by atoms with Gasteiger partial charge in [0.2, 0.25) is 0 Å². The van der Waals surface area contributed by atoms with Crippen LogP contribution < -0.4 is 14.8 Å². The fraction of sp³-hybridized carbons (Fsp3) is 0.417. The summed E-state index contributed by atoms with van der Waals surface area (Å²) in [6.07, 6.45) is 2.16. The second kappa shape index (κ2) is 7.39. The van der Waals surface area contributed by atoms with Gasteiger partial charge in [0, 0.05) is 42.3 Å².